The van der Waals surface area contributed by atoms with Gasteiger partial charge < -0.3 is 10.6 Å². The lowest BCUT2D eigenvalue weighted by Gasteiger charge is -2.30. The summed E-state index contributed by atoms with van der Waals surface area (Å²) in [5.41, 5.74) is 0.974. The standard InChI is InChI=1S/C19H17Cl2N5O2S/c1-10-7-17(27)24-19(22-10)26-16(9-14(25-26)15-3-2-6-29-15)23-18(28)12-5-4-11(20)8-13(12)21/h2-6,8-10,19,22H,7H2,1H3,(H,23,28)(H,24,27). The summed E-state index contributed by atoms with van der Waals surface area (Å²) >= 11 is 13.6. The van der Waals surface area contributed by atoms with Crippen molar-refractivity contribution >= 4 is 52.2 Å². The molecule has 1 saturated heterocycles. The van der Waals surface area contributed by atoms with Gasteiger partial charge in [0, 0.05) is 23.6 Å². The van der Waals surface area contributed by atoms with Gasteiger partial charge in [-0.1, -0.05) is 29.3 Å². The van der Waals surface area contributed by atoms with Crippen molar-refractivity contribution in [1.29, 1.82) is 0 Å². The Morgan fingerprint density at radius 2 is 2.14 bits per heavy atom. The van der Waals surface area contributed by atoms with Crippen LogP contribution < -0.4 is 16.0 Å². The average Bonchev–Trinajstić information content (AvgIpc) is 3.30. The van der Waals surface area contributed by atoms with Crippen molar-refractivity contribution in [3.05, 3.63) is 57.4 Å². The number of hydrogen-bond donors (Lipinski definition) is 3. The van der Waals surface area contributed by atoms with Crippen LogP contribution >= 0.6 is 34.5 Å². The molecule has 1 aliphatic rings. The van der Waals surface area contributed by atoms with E-state index < -0.39 is 12.2 Å². The molecule has 0 aliphatic carbocycles. The van der Waals surface area contributed by atoms with Gasteiger partial charge >= 0.3 is 0 Å². The third-order valence-corrected chi connectivity index (χ3v) is 5.84. The first-order valence-corrected chi connectivity index (χ1v) is 10.5. The first kappa shape index (κ1) is 19.9. The minimum Gasteiger partial charge on any atom is -0.322 e. The van der Waals surface area contributed by atoms with Crippen LogP contribution in [0.1, 0.15) is 30.0 Å². The van der Waals surface area contributed by atoms with Crippen molar-refractivity contribution in [3.63, 3.8) is 0 Å². The number of hydrogen-bond acceptors (Lipinski definition) is 5. The van der Waals surface area contributed by atoms with Crippen LogP contribution in [0.3, 0.4) is 0 Å². The van der Waals surface area contributed by atoms with Crippen LogP contribution in [0.25, 0.3) is 10.6 Å². The van der Waals surface area contributed by atoms with Crippen LogP contribution in [0.4, 0.5) is 5.82 Å². The average molecular weight is 450 g/mol. The van der Waals surface area contributed by atoms with Gasteiger partial charge in [-0.05, 0) is 36.6 Å². The van der Waals surface area contributed by atoms with Crippen molar-refractivity contribution in [3.8, 4) is 10.6 Å². The number of aromatic nitrogens is 2. The Bertz CT molecular complexity index is 1070. The van der Waals surface area contributed by atoms with E-state index in [0.29, 0.717) is 23.0 Å². The summed E-state index contributed by atoms with van der Waals surface area (Å²) in [6.07, 6.45) is -0.214. The topological polar surface area (TPSA) is 88.1 Å². The fourth-order valence-electron chi connectivity index (χ4n) is 3.08. The summed E-state index contributed by atoms with van der Waals surface area (Å²) in [6.45, 7) is 1.92. The molecule has 2 aromatic heterocycles. The number of benzene rings is 1. The van der Waals surface area contributed by atoms with E-state index in [9.17, 15) is 9.59 Å². The highest BCUT2D eigenvalue weighted by Gasteiger charge is 2.27. The molecule has 7 nitrogen and oxygen atoms in total. The van der Waals surface area contributed by atoms with Gasteiger partial charge in [-0.3, -0.25) is 14.9 Å². The molecule has 29 heavy (non-hydrogen) atoms. The van der Waals surface area contributed by atoms with E-state index in [1.165, 1.54) is 17.4 Å². The summed E-state index contributed by atoms with van der Waals surface area (Å²) in [4.78, 5) is 25.8. The number of carbonyl (C=O) groups excluding carboxylic acids is 2. The van der Waals surface area contributed by atoms with Crippen LogP contribution in [0.5, 0.6) is 0 Å². The molecule has 0 saturated carbocycles. The molecule has 3 aromatic rings. The quantitative estimate of drug-likeness (QED) is 0.558. The van der Waals surface area contributed by atoms with Crippen LogP contribution in [0.15, 0.2) is 41.8 Å². The molecular formula is C19H17Cl2N5O2S. The Morgan fingerprint density at radius 1 is 1.31 bits per heavy atom. The SMILES string of the molecule is CC1CC(=O)NC(n2nc(-c3cccs3)cc2NC(=O)c2ccc(Cl)cc2Cl)N1. The molecule has 2 amide bonds. The van der Waals surface area contributed by atoms with Gasteiger partial charge in [0.1, 0.15) is 11.5 Å². The van der Waals surface area contributed by atoms with E-state index >= 15 is 0 Å². The minimum atomic E-state index is -0.587. The number of nitrogens with zero attached hydrogens (tertiary/aromatic N) is 2. The lowest BCUT2D eigenvalue weighted by molar-refractivity contribution is -0.125. The predicted molar refractivity (Wildman–Crippen MR) is 114 cm³/mol. The zero-order chi connectivity index (χ0) is 20.5. The molecule has 2 unspecified atom stereocenters. The minimum absolute atomic E-state index is 0.0302. The molecule has 4 rings (SSSR count). The van der Waals surface area contributed by atoms with E-state index in [2.05, 4.69) is 21.0 Å². The summed E-state index contributed by atoms with van der Waals surface area (Å²) in [6, 6.07) is 10.3. The van der Waals surface area contributed by atoms with Crippen molar-refractivity contribution in [2.45, 2.75) is 25.7 Å². The van der Waals surface area contributed by atoms with Gasteiger partial charge in [0.05, 0.1) is 15.5 Å². The predicted octanol–water partition coefficient (Wildman–Crippen LogP) is 4.12. The zero-order valence-electron chi connectivity index (χ0n) is 15.3. The highest BCUT2D eigenvalue weighted by molar-refractivity contribution is 7.13. The fraction of sp³-hybridized carbons (Fsp3) is 0.211. The van der Waals surface area contributed by atoms with Crippen LogP contribution in [0, 0.1) is 0 Å². The number of nitrogens with one attached hydrogen (secondary N) is 3. The highest BCUT2D eigenvalue weighted by Crippen LogP contribution is 2.29. The second-order valence-corrected chi connectivity index (χ2v) is 8.45. The Labute approximate surface area is 181 Å². The number of halogens is 2. The normalized spacial score (nSPS) is 19.1. The lowest BCUT2D eigenvalue weighted by Crippen LogP contribution is -2.52. The maximum Gasteiger partial charge on any atom is 0.258 e. The lowest BCUT2D eigenvalue weighted by atomic mass is 10.2. The monoisotopic (exact) mass is 449 g/mol. The molecular weight excluding hydrogens is 433 g/mol. The smallest absolute Gasteiger partial charge is 0.258 e. The third-order valence-electron chi connectivity index (χ3n) is 4.40. The fourth-order valence-corrected chi connectivity index (χ4v) is 4.25. The van der Waals surface area contributed by atoms with Crippen LogP contribution in [-0.2, 0) is 4.79 Å². The molecule has 10 heteroatoms. The second-order valence-electron chi connectivity index (χ2n) is 6.66. The first-order chi connectivity index (χ1) is 13.9. The van der Waals surface area contributed by atoms with Crippen LogP contribution in [-0.4, -0.2) is 27.6 Å². The van der Waals surface area contributed by atoms with Crippen molar-refractivity contribution in [1.82, 2.24) is 20.4 Å². The van der Waals surface area contributed by atoms with Gasteiger partial charge in [-0.25, -0.2) is 4.68 Å². The van der Waals surface area contributed by atoms with Gasteiger partial charge in [0.15, 0.2) is 6.29 Å². The molecule has 3 heterocycles. The molecule has 3 N–H and O–H groups in total. The Morgan fingerprint density at radius 3 is 2.83 bits per heavy atom. The van der Waals surface area contributed by atoms with Crippen molar-refractivity contribution in [2.24, 2.45) is 0 Å². The molecule has 2 atom stereocenters. The number of rotatable bonds is 4. The number of amides is 2. The second kappa shape index (κ2) is 8.16. The number of thiophene rings is 1. The third kappa shape index (κ3) is 4.30. The molecule has 0 bridgehead atoms. The number of carbonyl (C=O) groups is 2. The largest absolute Gasteiger partial charge is 0.322 e. The molecule has 150 valence electrons. The van der Waals surface area contributed by atoms with E-state index in [-0.39, 0.29) is 22.5 Å². The van der Waals surface area contributed by atoms with Gasteiger partial charge in [-0.15, -0.1) is 11.3 Å². The van der Waals surface area contributed by atoms with Crippen molar-refractivity contribution < 1.29 is 9.59 Å². The Hall–Kier alpha value is -2.39. The Balaban J connectivity index is 1.69. The first-order valence-electron chi connectivity index (χ1n) is 8.86. The maximum absolute atomic E-state index is 12.8. The molecule has 0 spiro atoms. The van der Waals surface area contributed by atoms with Gasteiger partial charge in [0.2, 0.25) is 5.91 Å². The molecule has 1 aromatic carbocycles. The summed E-state index contributed by atoms with van der Waals surface area (Å²) < 4.78 is 1.56. The Kier molecular flexibility index (Phi) is 5.60. The van der Waals surface area contributed by atoms with E-state index in [0.717, 1.165) is 4.88 Å². The van der Waals surface area contributed by atoms with Gasteiger partial charge in [-0.2, -0.15) is 5.10 Å². The molecule has 0 radical (unpaired) electrons. The zero-order valence-corrected chi connectivity index (χ0v) is 17.6. The summed E-state index contributed by atoms with van der Waals surface area (Å²) in [5, 5.41) is 16.2. The summed E-state index contributed by atoms with van der Waals surface area (Å²) in [7, 11) is 0. The molecule has 1 fully saturated rings. The van der Waals surface area contributed by atoms with Crippen LogP contribution in [0.2, 0.25) is 10.0 Å². The maximum atomic E-state index is 12.8. The van der Waals surface area contributed by atoms with E-state index in [4.69, 9.17) is 23.2 Å². The van der Waals surface area contributed by atoms with E-state index in [1.54, 1.807) is 22.9 Å². The highest BCUT2D eigenvalue weighted by atomic mass is 35.5. The number of anilines is 1. The molecule has 1 aliphatic heterocycles. The van der Waals surface area contributed by atoms with Gasteiger partial charge in [0.25, 0.3) is 5.91 Å². The van der Waals surface area contributed by atoms with E-state index in [1.807, 2.05) is 24.4 Å². The van der Waals surface area contributed by atoms with Crippen molar-refractivity contribution in [2.75, 3.05) is 5.32 Å². The summed E-state index contributed by atoms with van der Waals surface area (Å²) in [5.74, 6) is -0.0653.